The monoisotopic (exact) mass is 312 g/mol. The Balaban J connectivity index is 3.22. The lowest BCUT2D eigenvalue weighted by atomic mass is 10.2. The van der Waals surface area contributed by atoms with Crippen LogP contribution in [0, 0.1) is 15.9 Å². The standard InChI is InChI=1S/C13H17FN4O4/c1-8(19)15-10-6-11(9(14)5-12(10)18(21)22)17(4)7-13(20)16(2)3/h5-6H,7H2,1-4H3,(H,15,19). The summed E-state index contributed by atoms with van der Waals surface area (Å²) in [6.07, 6.45) is 0. The molecule has 2 amide bonds. The van der Waals surface area contributed by atoms with Crippen molar-refractivity contribution in [1.29, 1.82) is 0 Å². The van der Waals surface area contributed by atoms with Gasteiger partial charge >= 0.3 is 0 Å². The summed E-state index contributed by atoms with van der Waals surface area (Å²) >= 11 is 0. The van der Waals surface area contributed by atoms with E-state index in [2.05, 4.69) is 5.32 Å². The van der Waals surface area contributed by atoms with Crippen LogP contribution in [0.15, 0.2) is 12.1 Å². The number of rotatable bonds is 5. The molecule has 0 saturated heterocycles. The topological polar surface area (TPSA) is 95.8 Å². The van der Waals surface area contributed by atoms with Crippen molar-refractivity contribution in [1.82, 2.24) is 4.90 Å². The van der Waals surface area contributed by atoms with Crippen LogP contribution in [-0.2, 0) is 9.59 Å². The predicted molar refractivity (Wildman–Crippen MR) is 79.3 cm³/mol. The van der Waals surface area contributed by atoms with Gasteiger partial charge in [0.15, 0.2) is 5.82 Å². The van der Waals surface area contributed by atoms with Gasteiger partial charge in [0.25, 0.3) is 5.69 Å². The fourth-order valence-corrected chi connectivity index (χ4v) is 1.71. The van der Waals surface area contributed by atoms with Crippen molar-refractivity contribution in [3.63, 3.8) is 0 Å². The van der Waals surface area contributed by atoms with Gasteiger partial charge in [-0.25, -0.2) is 4.39 Å². The molecule has 0 unspecified atom stereocenters. The van der Waals surface area contributed by atoms with Crippen LogP contribution in [0.5, 0.6) is 0 Å². The Morgan fingerprint density at radius 1 is 1.32 bits per heavy atom. The Morgan fingerprint density at radius 2 is 1.91 bits per heavy atom. The second-order valence-corrected chi connectivity index (χ2v) is 4.90. The maximum absolute atomic E-state index is 14.0. The van der Waals surface area contributed by atoms with Crippen LogP contribution in [0.2, 0.25) is 0 Å². The van der Waals surface area contributed by atoms with E-state index in [0.717, 1.165) is 12.1 Å². The highest BCUT2D eigenvalue weighted by Gasteiger charge is 2.22. The van der Waals surface area contributed by atoms with Gasteiger partial charge in [-0.1, -0.05) is 0 Å². The summed E-state index contributed by atoms with van der Waals surface area (Å²) in [5, 5.41) is 13.2. The molecule has 1 N–H and O–H groups in total. The minimum Gasteiger partial charge on any atom is -0.363 e. The molecular weight excluding hydrogens is 295 g/mol. The van der Waals surface area contributed by atoms with E-state index < -0.39 is 22.3 Å². The number of nitrogens with zero attached hydrogens (tertiary/aromatic N) is 3. The van der Waals surface area contributed by atoms with E-state index in [1.165, 1.54) is 23.8 Å². The minimum absolute atomic E-state index is 0.0236. The molecule has 0 bridgehead atoms. The third-order valence-electron chi connectivity index (χ3n) is 2.86. The van der Waals surface area contributed by atoms with Gasteiger partial charge in [0.1, 0.15) is 5.69 Å². The molecule has 0 fully saturated rings. The fourth-order valence-electron chi connectivity index (χ4n) is 1.71. The van der Waals surface area contributed by atoms with Crippen molar-refractivity contribution in [3.8, 4) is 0 Å². The number of anilines is 2. The van der Waals surface area contributed by atoms with Gasteiger partial charge in [-0.3, -0.25) is 19.7 Å². The Hall–Kier alpha value is -2.71. The Kier molecular flexibility index (Phi) is 5.39. The number of benzene rings is 1. The zero-order valence-corrected chi connectivity index (χ0v) is 12.7. The SMILES string of the molecule is CC(=O)Nc1cc(N(C)CC(=O)N(C)C)c(F)cc1[N+](=O)[O-]. The maximum Gasteiger partial charge on any atom is 0.295 e. The van der Waals surface area contributed by atoms with Gasteiger partial charge in [-0.05, 0) is 6.07 Å². The average Bonchev–Trinajstić information content (AvgIpc) is 2.39. The minimum atomic E-state index is -0.852. The third-order valence-corrected chi connectivity index (χ3v) is 2.86. The van der Waals surface area contributed by atoms with Crippen molar-refractivity contribution in [2.45, 2.75) is 6.92 Å². The molecule has 1 aromatic rings. The molecule has 22 heavy (non-hydrogen) atoms. The fraction of sp³-hybridized carbons (Fsp3) is 0.385. The summed E-state index contributed by atoms with van der Waals surface area (Å²) in [5.41, 5.74) is -0.702. The number of likely N-dealkylation sites (N-methyl/N-ethyl adjacent to an activating group) is 2. The molecule has 0 aliphatic heterocycles. The lowest BCUT2D eigenvalue weighted by Crippen LogP contribution is -2.34. The summed E-state index contributed by atoms with van der Waals surface area (Å²) in [4.78, 5) is 35.6. The van der Waals surface area contributed by atoms with Gasteiger partial charge in [0.05, 0.1) is 23.2 Å². The quantitative estimate of drug-likeness (QED) is 0.651. The number of nitrogens with one attached hydrogen (secondary N) is 1. The van der Waals surface area contributed by atoms with Crippen LogP contribution < -0.4 is 10.2 Å². The molecule has 0 aliphatic carbocycles. The lowest BCUT2D eigenvalue weighted by Gasteiger charge is -2.22. The first-order valence-electron chi connectivity index (χ1n) is 6.30. The summed E-state index contributed by atoms with van der Waals surface area (Å²) in [6.45, 7) is 1.08. The first kappa shape index (κ1) is 17.3. The first-order chi connectivity index (χ1) is 10.1. The summed E-state index contributed by atoms with van der Waals surface area (Å²) < 4.78 is 14.0. The largest absolute Gasteiger partial charge is 0.363 e. The molecule has 8 nitrogen and oxygen atoms in total. The summed E-state index contributed by atoms with van der Waals surface area (Å²) in [7, 11) is 4.60. The smallest absolute Gasteiger partial charge is 0.295 e. The molecule has 9 heteroatoms. The molecule has 1 aromatic carbocycles. The highest BCUT2D eigenvalue weighted by atomic mass is 19.1. The molecule has 120 valence electrons. The number of nitro benzene ring substituents is 1. The Labute approximate surface area is 126 Å². The van der Waals surface area contributed by atoms with Gasteiger partial charge in [0, 0.05) is 28.1 Å². The zero-order valence-electron chi connectivity index (χ0n) is 12.7. The molecule has 0 atom stereocenters. The summed E-state index contributed by atoms with van der Waals surface area (Å²) in [5.74, 6) is -1.64. The molecule has 0 aliphatic rings. The zero-order chi connectivity index (χ0) is 17.0. The Bertz CT molecular complexity index is 618. The van der Waals surface area contributed by atoms with Gasteiger partial charge in [0.2, 0.25) is 11.8 Å². The molecule has 0 spiro atoms. The van der Waals surface area contributed by atoms with E-state index in [-0.39, 0.29) is 23.8 Å². The molecule has 0 heterocycles. The van der Waals surface area contributed by atoms with E-state index in [1.807, 2.05) is 0 Å². The van der Waals surface area contributed by atoms with E-state index >= 15 is 0 Å². The molecular formula is C13H17FN4O4. The highest BCUT2D eigenvalue weighted by molar-refractivity contribution is 5.92. The van der Waals surface area contributed by atoms with Crippen molar-refractivity contribution < 1.29 is 18.9 Å². The summed E-state index contributed by atoms with van der Waals surface area (Å²) in [6, 6.07) is 1.86. The molecule has 0 saturated carbocycles. The molecule has 0 aromatic heterocycles. The van der Waals surface area contributed by atoms with E-state index in [4.69, 9.17) is 0 Å². The van der Waals surface area contributed by atoms with Gasteiger partial charge in [-0.15, -0.1) is 0 Å². The van der Waals surface area contributed by atoms with Crippen LogP contribution in [0.3, 0.4) is 0 Å². The van der Waals surface area contributed by atoms with Crippen molar-refractivity contribution in [2.75, 3.05) is 37.9 Å². The molecule has 1 rings (SSSR count). The van der Waals surface area contributed by atoms with Crippen molar-refractivity contribution in [2.24, 2.45) is 0 Å². The Morgan fingerprint density at radius 3 is 2.36 bits per heavy atom. The normalized spacial score (nSPS) is 10.0. The maximum atomic E-state index is 14.0. The van der Waals surface area contributed by atoms with Crippen LogP contribution in [0.1, 0.15) is 6.92 Å². The lowest BCUT2D eigenvalue weighted by molar-refractivity contribution is -0.384. The van der Waals surface area contributed by atoms with E-state index in [1.54, 1.807) is 14.1 Å². The predicted octanol–water partition coefficient (Wildman–Crippen LogP) is 1.22. The number of carbonyl (C=O) groups excluding carboxylic acids is 2. The number of halogens is 1. The van der Waals surface area contributed by atoms with Crippen molar-refractivity contribution >= 4 is 28.9 Å². The highest BCUT2D eigenvalue weighted by Crippen LogP contribution is 2.32. The number of hydrogen-bond acceptors (Lipinski definition) is 5. The van der Waals surface area contributed by atoms with E-state index in [9.17, 15) is 24.1 Å². The number of amides is 2. The van der Waals surface area contributed by atoms with Gasteiger partial charge in [-0.2, -0.15) is 0 Å². The number of nitro groups is 1. The van der Waals surface area contributed by atoms with Crippen LogP contribution in [0.25, 0.3) is 0 Å². The van der Waals surface area contributed by atoms with E-state index in [0.29, 0.717) is 0 Å². The van der Waals surface area contributed by atoms with Gasteiger partial charge < -0.3 is 15.1 Å². The van der Waals surface area contributed by atoms with Crippen LogP contribution in [0.4, 0.5) is 21.5 Å². The third kappa shape index (κ3) is 4.14. The number of carbonyl (C=O) groups is 2. The van der Waals surface area contributed by atoms with Crippen LogP contribution >= 0.6 is 0 Å². The first-order valence-corrected chi connectivity index (χ1v) is 6.30. The second-order valence-electron chi connectivity index (χ2n) is 4.90. The van der Waals surface area contributed by atoms with Crippen LogP contribution in [-0.4, -0.2) is 49.3 Å². The molecule has 0 radical (unpaired) electrons. The van der Waals surface area contributed by atoms with Crippen molar-refractivity contribution in [3.05, 3.63) is 28.1 Å². The second kappa shape index (κ2) is 6.83. The number of hydrogen-bond donors (Lipinski definition) is 1. The average molecular weight is 312 g/mol.